The van der Waals surface area contributed by atoms with Crippen LogP contribution in [-0.2, 0) is 16.0 Å². The van der Waals surface area contributed by atoms with Crippen molar-refractivity contribution in [1.82, 2.24) is 5.32 Å². The predicted octanol–water partition coefficient (Wildman–Crippen LogP) is 2.33. The van der Waals surface area contributed by atoms with E-state index in [0.29, 0.717) is 13.2 Å². The maximum absolute atomic E-state index is 11.0. The van der Waals surface area contributed by atoms with E-state index in [9.17, 15) is 4.79 Å². The van der Waals surface area contributed by atoms with Crippen LogP contribution in [0.1, 0.15) is 18.9 Å². The van der Waals surface area contributed by atoms with Crippen molar-refractivity contribution < 1.29 is 9.53 Å². The molecule has 0 amide bonds. The lowest BCUT2D eigenvalue weighted by Crippen LogP contribution is -2.16. The number of esters is 1. The van der Waals surface area contributed by atoms with Gasteiger partial charge in [-0.05, 0) is 31.9 Å². The van der Waals surface area contributed by atoms with Crippen molar-refractivity contribution in [3.63, 3.8) is 0 Å². The molecule has 1 aromatic carbocycles. The van der Waals surface area contributed by atoms with Crippen LogP contribution >= 0.6 is 0 Å². The van der Waals surface area contributed by atoms with Gasteiger partial charge in [0.15, 0.2) is 0 Å². The molecule has 0 aliphatic heterocycles. The lowest BCUT2D eigenvalue weighted by Gasteiger charge is -2.02. The summed E-state index contributed by atoms with van der Waals surface area (Å²) in [6, 6.07) is 10.4. The van der Waals surface area contributed by atoms with Crippen LogP contribution in [0.2, 0.25) is 0 Å². The van der Waals surface area contributed by atoms with Crippen LogP contribution in [0.4, 0.5) is 0 Å². The van der Waals surface area contributed by atoms with Crippen LogP contribution < -0.4 is 5.32 Å². The molecule has 0 heterocycles. The second-order valence-corrected chi connectivity index (χ2v) is 3.95. The average Bonchev–Trinajstić information content (AvgIpc) is 2.39. The number of benzene rings is 1. The quantitative estimate of drug-likeness (QED) is 0.435. The molecule has 1 N–H and O–H groups in total. The molecule has 0 aromatic heterocycles. The van der Waals surface area contributed by atoms with E-state index in [1.54, 1.807) is 13.0 Å². The number of carbonyl (C=O) groups excluding carboxylic acids is 1. The Morgan fingerprint density at radius 2 is 2.11 bits per heavy atom. The van der Waals surface area contributed by atoms with Crippen LogP contribution in [0.25, 0.3) is 0 Å². The van der Waals surface area contributed by atoms with Gasteiger partial charge in [0, 0.05) is 12.6 Å². The molecule has 0 aliphatic rings. The minimum Gasteiger partial charge on any atom is -0.463 e. The maximum Gasteiger partial charge on any atom is 0.330 e. The number of hydrogen-bond donors (Lipinski definition) is 1. The molecule has 0 saturated heterocycles. The number of nitrogens with one attached hydrogen (secondary N) is 1. The third kappa shape index (κ3) is 6.86. The molecule has 0 spiro atoms. The predicted molar refractivity (Wildman–Crippen MR) is 73.4 cm³/mol. The van der Waals surface area contributed by atoms with Gasteiger partial charge in [-0.15, -0.1) is 0 Å². The van der Waals surface area contributed by atoms with E-state index < -0.39 is 0 Å². The Balaban J connectivity index is 2.01. The van der Waals surface area contributed by atoms with Crippen LogP contribution in [0.3, 0.4) is 0 Å². The van der Waals surface area contributed by atoms with E-state index in [1.165, 1.54) is 11.6 Å². The van der Waals surface area contributed by atoms with E-state index in [4.69, 9.17) is 4.74 Å². The number of ether oxygens (including phenoxy) is 1. The molecule has 0 saturated carbocycles. The Labute approximate surface area is 109 Å². The molecule has 0 unspecified atom stereocenters. The highest BCUT2D eigenvalue weighted by Crippen LogP contribution is 2.01. The summed E-state index contributed by atoms with van der Waals surface area (Å²) >= 11 is 0. The van der Waals surface area contributed by atoms with Gasteiger partial charge in [0.25, 0.3) is 0 Å². The number of rotatable bonds is 8. The standard InChI is InChI=1S/C15H21NO2/c1-2-18-15(17)11-7-13-16-12-6-10-14-8-4-3-5-9-14/h3-5,7-9,11,16H,2,6,10,12-13H2,1H3/b11-7+. The summed E-state index contributed by atoms with van der Waals surface area (Å²) in [5.74, 6) is -0.274. The summed E-state index contributed by atoms with van der Waals surface area (Å²) in [6.07, 6.45) is 5.43. The molecular formula is C15H21NO2. The minimum absolute atomic E-state index is 0.274. The Bertz CT molecular complexity index is 360. The largest absolute Gasteiger partial charge is 0.463 e. The molecule has 0 aliphatic carbocycles. The minimum atomic E-state index is -0.274. The summed E-state index contributed by atoms with van der Waals surface area (Å²) in [5.41, 5.74) is 1.36. The van der Waals surface area contributed by atoms with Gasteiger partial charge in [0.2, 0.25) is 0 Å². The monoisotopic (exact) mass is 247 g/mol. The van der Waals surface area contributed by atoms with Crippen LogP contribution in [-0.4, -0.2) is 25.7 Å². The summed E-state index contributed by atoms with van der Waals surface area (Å²) < 4.78 is 4.77. The van der Waals surface area contributed by atoms with E-state index in [-0.39, 0.29) is 5.97 Å². The second-order valence-electron chi connectivity index (χ2n) is 3.95. The van der Waals surface area contributed by atoms with Gasteiger partial charge in [0.05, 0.1) is 6.61 Å². The zero-order valence-electron chi connectivity index (χ0n) is 10.9. The number of aryl methyl sites for hydroxylation is 1. The van der Waals surface area contributed by atoms with E-state index in [0.717, 1.165) is 19.4 Å². The average molecular weight is 247 g/mol. The third-order valence-electron chi connectivity index (χ3n) is 2.46. The highest BCUT2D eigenvalue weighted by molar-refractivity contribution is 5.81. The Morgan fingerprint density at radius 1 is 1.33 bits per heavy atom. The van der Waals surface area contributed by atoms with Gasteiger partial charge in [-0.3, -0.25) is 0 Å². The van der Waals surface area contributed by atoms with Crippen molar-refractivity contribution in [2.24, 2.45) is 0 Å². The molecule has 18 heavy (non-hydrogen) atoms. The molecule has 3 nitrogen and oxygen atoms in total. The van der Waals surface area contributed by atoms with Gasteiger partial charge in [-0.2, -0.15) is 0 Å². The fraction of sp³-hybridized carbons (Fsp3) is 0.400. The number of hydrogen-bond acceptors (Lipinski definition) is 3. The Kier molecular flexibility index (Phi) is 7.57. The topological polar surface area (TPSA) is 38.3 Å². The molecule has 1 rings (SSSR count). The van der Waals surface area contributed by atoms with E-state index >= 15 is 0 Å². The molecule has 0 atom stereocenters. The van der Waals surface area contributed by atoms with Gasteiger partial charge in [0.1, 0.15) is 0 Å². The summed E-state index contributed by atoms with van der Waals surface area (Å²) in [4.78, 5) is 11.0. The normalized spacial score (nSPS) is 10.7. The van der Waals surface area contributed by atoms with Crippen molar-refractivity contribution in [1.29, 1.82) is 0 Å². The zero-order valence-corrected chi connectivity index (χ0v) is 10.9. The second kappa shape index (κ2) is 9.42. The molecule has 0 fully saturated rings. The maximum atomic E-state index is 11.0. The lowest BCUT2D eigenvalue weighted by molar-refractivity contribution is -0.137. The van der Waals surface area contributed by atoms with Crippen molar-refractivity contribution >= 4 is 5.97 Å². The van der Waals surface area contributed by atoms with Crippen LogP contribution in [0.5, 0.6) is 0 Å². The molecular weight excluding hydrogens is 226 g/mol. The van der Waals surface area contributed by atoms with Gasteiger partial charge in [-0.1, -0.05) is 36.4 Å². The first-order chi connectivity index (χ1) is 8.83. The Hall–Kier alpha value is -1.61. The molecule has 1 aromatic rings. The van der Waals surface area contributed by atoms with Crippen molar-refractivity contribution in [3.05, 3.63) is 48.0 Å². The van der Waals surface area contributed by atoms with Crippen molar-refractivity contribution in [3.8, 4) is 0 Å². The zero-order chi connectivity index (χ0) is 13.1. The van der Waals surface area contributed by atoms with Crippen molar-refractivity contribution in [2.45, 2.75) is 19.8 Å². The lowest BCUT2D eigenvalue weighted by atomic mass is 10.1. The highest BCUT2D eigenvalue weighted by Gasteiger charge is 1.93. The summed E-state index contributed by atoms with van der Waals surface area (Å²) in [6.45, 7) is 3.87. The third-order valence-corrected chi connectivity index (χ3v) is 2.46. The van der Waals surface area contributed by atoms with Gasteiger partial charge in [-0.25, -0.2) is 4.79 Å². The molecule has 0 bridgehead atoms. The van der Waals surface area contributed by atoms with E-state index in [1.807, 2.05) is 6.07 Å². The fourth-order valence-electron chi connectivity index (χ4n) is 1.59. The van der Waals surface area contributed by atoms with Gasteiger partial charge >= 0.3 is 5.97 Å². The van der Waals surface area contributed by atoms with Crippen LogP contribution in [0, 0.1) is 0 Å². The highest BCUT2D eigenvalue weighted by atomic mass is 16.5. The first kappa shape index (κ1) is 14.5. The SMILES string of the molecule is CCOC(=O)/C=C/CNCCCc1ccccc1. The Morgan fingerprint density at radius 3 is 2.83 bits per heavy atom. The van der Waals surface area contributed by atoms with Crippen LogP contribution in [0.15, 0.2) is 42.5 Å². The fourth-order valence-corrected chi connectivity index (χ4v) is 1.59. The summed E-state index contributed by atoms with van der Waals surface area (Å²) in [7, 11) is 0. The molecule has 0 radical (unpaired) electrons. The summed E-state index contributed by atoms with van der Waals surface area (Å²) in [5, 5.41) is 3.26. The first-order valence-corrected chi connectivity index (χ1v) is 6.41. The number of carbonyl (C=O) groups is 1. The smallest absolute Gasteiger partial charge is 0.330 e. The first-order valence-electron chi connectivity index (χ1n) is 6.41. The van der Waals surface area contributed by atoms with E-state index in [2.05, 4.69) is 29.6 Å². The molecule has 3 heteroatoms. The van der Waals surface area contributed by atoms with Gasteiger partial charge < -0.3 is 10.1 Å². The molecule has 98 valence electrons. The van der Waals surface area contributed by atoms with Crippen molar-refractivity contribution in [2.75, 3.05) is 19.7 Å².